The maximum absolute atomic E-state index is 14.1. The van der Waals surface area contributed by atoms with E-state index in [1.165, 1.54) is 54.6 Å². The Balaban J connectivity index is 0.000000150. The van der Waals surface area contributed by atoms with Crippen LogP contribution in [0.5, 0.6) is 0 Å². The van der Waals surface area contributed by atoms with E-state index >= 15 is 0 Å². The number of carbonyl (C=O) groups excluding carboxylic acids is 5. The van der Waals surface area contributed by atoms with Gasteiger partial charge in [-0.25, -0.2) is 35.1 Å². The number of benzene rings is 5. The van der Waals surface area contributed by atoms with Gasteiger partial charge in [-0.3, -0.25) is 48.9 Å². The summed E-state index contributed by atoms with van der Waals surface area (Å²) in [6.07, 6.45) is 29.4. The minimum Gasteiger partial charge on any atom is -0.332 e. The maximum atomic E-state index is 14.1. The van der Waals surface area contributed by atoms with Crippen LogP contribution in [0.4, 0.5) is 35.1 Å². The number of carbonyl (C=O) groups is 5. The normalized spacial score (nSPS) is 23.4. The van der Waals surface area contributed by atoms with Crippen molar-refractivity contribution in [2.24, 2.45) is 54.6 Å². The smallest absolute Gasteiger partial charge is 0.252 e. The molecule has 23 heteroatoms. The molecule has 5 aromatic carbocycles. The third-order valence-electron chi connectivity index (χ3n) is 25.8. The monoisotopic (exact) mass is 1690 g/mol. The molecule has 0 unspecified atom stereocenters. The zero-order valence-corrected chi connectivity index (χ0v) is 73.2. The van der Waals surface area contributed by atoms with Gasteiger partial charge in [-0.2, -0.15) is 0 Å². The average molecular weight is 1700 g/mol. The summed E-state index contributed by atoms with van der Waals surface area (Å²) in [6.45, 7) is 23.7. The third-order valence-corrected chi connectivity index (χ3v) is 25.8. The van der Waals surface area contributed by atoms with Crippen LogP contribution in [0.3, 0.4) is 0 Å². The van der Waals surface area contributed by atoms with Crippen LogP contribution >= 0.6 is 0 Å². The minimum atomic E-state index is -0.612. The molecule has 5 aliphatic heterocycles. The zero-order valence-electron chi connectivity index (χ0n) is 73.2. The van der Waals surface area contributed by atoms with Gasteiger partial charge in [-0.15, -0.1) is 0 Å². The molecule has 123 heavy (non-hydrogen) atoms. The highest BCUT2D eigenvalue weighted by molar-refractivity contribution is 6.09. The van der Waals surface area contributed by atoms with E-state index < -0.39 is 34.9 Å². The first kappa shape index (κ1) is 93.6. The van der Waals surface area contributed by atoms with Gasteiger partial charge in [-0.1, -0.05) is 71.0 Å². The van der Waals surface area contributed by atoms with Crippen molar-refractivity contribution in [3.05, 3.63) is 236 Å². The average Bonchev–Trinajstić information content (AvgIpc) is 1.81. The number of halogens is 8. The molecule has 0 spiro atoms. The summed E-state index contributed by atoms with van der Waals surface area (Å²) in [6, 6.07) is 24.6. The fraction of sp³-hybridized carbons (Fsp3) is 0.500. The Hall–Kier alpha value is -10.1. The van der Waals surface area contributed by atoms with E-state index in [2.05, 4.69) is 59.6 Å². The van der Waals surface area contributed by atoms with Crippen LogP contribution in [0.2, 0.25) is 0 Å². The number of aliphatic imine (C=N–C) groups is 5. The summed E-state index contributed by atoms with van der Waals surface area (Å²) in [4.78, 5) is 95.6. The molecule has 0 atom stereocenters. The van der Waals surface area contributed by atoms with Gasteiger partial charge < -0.3 is 24.5 Å². The highest BCUT2D eigenvalue weighted by atomic mass is 19.2. The van der Waals surface area contributed by atoms with Gasteiger partial charge in [0.25, 0.3) is 29.5 Å². The van der Waals surface area contributed by atoms with Crippen LogP contribution in [0.1, 0.15) is 225 Å². The van der Waals surface area contributed by atoms with Crippen molar-refractivity contribution in [3.63, 3.8) is 0 Å². The highest BCUT2D eigenvalue weighted by Gasteiger charge is 2.37. The molecule has 5 amide bonds. The van der Waals surface area contributed by atoms with Crippen LogP contribution < -0.4 is 0 Å². The van der Waals surface area contributed by atoms with Crippen molar-refractivity contribution in [3.8, 4) is 0 Å². The second-order valence-electron chi connectivity index (χ2n) is 35.8. The zero-order chi connectivity index (χ0) is 88.1. The predicted molar refractivity (Wildman–Crippen MR) is 472 cm³/mol. The van der Waals surface area contributed by atoms with Gasteiger partial charge in [-0.05, 0) is 295 Å². The lowest BCUT2D eigenvalue weighted by Crippen LogP contribution is -2.43. The summed E-state index contributed by atoms with van der Waals surface area (Å²) in [7, 11) is 0. The molecule has 0 radical (unpaired) electrons. The summed E-state index contributed by atoms with van der Waals surface area (Å²) in [5.41, 5.74) is 9.77. The summed E-state index contributed by atoms with van der Waals surface area (Å²) >= 11 is 0. The quantitative estimate of drug-likeness (QED) is 0.0707. The van der Waals surface area contributed by atoms with Gasteiger partial charge in [0.15, 0.2) is 0 Å². The van der Waals surface area contributed by atoms with E-state index in [0.29, 0.717) is 97.3 Å². The molecule has 5 fully saturated rings. The Kier molecular flexibility index (Phi) is 33.9. The van der Waals surface area contributed by atoms with E-state index in [-0.39, 0.29) is 102 Å². The molecule has 5 aliphatic carbocycles. The molecule has 658 valence electrons. The summed E-state index contributed by atoms with van der Waals surface area (Å²) in [5, 5.41) is 0. The maximum Gasteiger partial charge on any atom is 0.252 e. The number of nitrogens with zero attached hydrogens (tertiary/aromatic N) is 10. The first-order chi connectivity index (χ1) is 58.9. The Bertz CT molecular complexity index is 4860. The van der Waals surface area contributed by atoms with Crippen LogP contribution in [0.15, 0.2) is 186 Å². The van der Waals surface area contributed by atoms with Crippen LogP contribution in [-0.2, 0) is 56.7 Å². The minimum absolute atomic E-state index is 0.0124. The molecule has 10 aliphatic rings. The Labute approximate surface area is 721 Å². The van der Waals surface area contributed by atoms with Gasteiger partial charge in [0.05, 0.1) is 39.3 Å². The number of amides is 5. The first-order valence-electron chi connectivity index (χ1n) is 44.3. The number of hydrogen-bond donors (Lipinski definition) is 0. The second kappa shape index (κ2) is 44.5. The Morgan fingerprint density at radius 3 is 0.878 bits per heavy atom. The van der Waals surface area contributed by atoms with E-state index in [1.807, 2.05) is 74.8 Å². The topological polar surface area (TPSA) is 163 Å². The third kappa shape index (κ3) is 26.7. The lowest BCUT2D eigenvalue weighted by molar-refractivity contribution is -0.131. The molecule has 0 N–H and O–H groups in total. The van der Waals surface area contributed by atoms with Gasteiger partial charge in [0, 0.05) is 136 Å². The molecule has 5 heterocycles. The Morgan fingerprint density at radius 1 is 0.276 bits per heavy atom. The molecule has 15 rings (SSSR count). The Morgan fingerprint density at radius 2 is 0.553 bits per heavy atom. The van der Waals surface area contributed by atoms with E-state index in [0.717, 1.165) is 198 Å². The largest absolute Gasteiger partial charge is 0.332 e. The molecule has 0 aromatic heterocycles. The lowest BCUT2D eigenvalue weighted by atomic mass is 9.86. The van der Waals surface area contributed by atoms with Crippen LogP contribution in [0.25, 0.3) is 0 Å². The molecule has 5 saturated carbocycles. The van der Waals surface area contributed by atoms with E-state index in [4.69, 9.17) is 0 Å². The highest BCUT2D eigenvalue weighted by Crippen LogP contribution is 2.37. The molecule has 15 nitrogen and oxygen atoms in total. The van der Waals surface area contributed by atoms with Crippen molar-refractivity contribution in [1.29, 1.82) is 0 Å². The first-order valence-corrected chi connectivity index (χ1v) is 44.3. The summed E-state index contributed by atoms with van der Waals surface area (Å²) < 4.78 is 111. The fourth-order valence-corrected chi connectivity index (χ4v) is 18.2. The van der Waals surface area contributed by atoms with Crippen molar-refractivity contribution in [2.45, 2.75) is 261 Å². The van der Waals surface area contributed by atoms with Crippen molar-refractivity contribution < 1.29 is 59.1 Å². The molecular formula is C100H122F8N10O5. The number of rotatable bonds is 20. The van der Waals surface area contributed by atoms with E-state index in [1.54, 1.807) is 45.1 Å². The fourth-order valence-electron chi connectivity index (χ4n) is 18.2. The molecule has 0 bridgehead atoms. The molecule has 5 aromatic rings. The van der Waals surface area contributed by atoms with Gasteiger partial charge in [0.2, 0.25) is 0 Å². The number of hydrogen-bond acceptors (Lipinski definition) is 10. The molecular weight excluding hydrogens is 1570 g/mol. The van der Waals surface area contributed by atoms with Crippen LogP contribution in [-0.4, -0.2) is 146 Å². The van der Waals surface area contributed by atoms with E-state index in [9.17, 15) is 59.1 Å². The van der Waals surface area contributed by atoms with Gasteiger partial charge in [0.1, 0.15) is 46.5 Å². The summed E-state index contributed by atoms with van der Waals surface area (Å²) in [5.74, 6) is -0.760. The SMILES string of the molecule is CC1=NCC(C(=O)N(Cc2c(F)cccc2F)C2CCC(C)CC2)=C1.CC1=NCC(C(=O)N(Cc2cc(F)cc(F)c2)C2CCC(C)CC2)=C1.CC1=NCC(C(=O)N(Cc2cc(F)ccc2F)C2CCC(C)CC2)=C1.CC1=NCC(C(=O)N(Cc2cccc(F)c2)C2CCC(C)CC2)=C1.CC1=NCC(C(=O)N(Cc2ccccc2F)C2CCC(C)CC2)=C1. The van der Waals surface area contributed by atoms with Crippen molar-refractivity contribution >= 4 is 58.1 Å². The second-order valence-corrected chi connectivity index (χ2v) is 35.8. The van der Waals surface area contributed by atoms with Gasteiger partial charge >= 0.3 is 0 Å². The standard InChI is InChI=1S/3C20H24F2N2O.2C20H25FN2O/c1-13-3-6-18(7-4-13)24(20(25)15-9-14(2)23-11-15)12-16-10-17(21)5-8-19(16)22;1-13-3-5-19(6-4-13)24(20(25)16-7-14(2)23-11-16)12-15-8-17(21)10-18(22)9-15;1-13-6-8-16(9-7-13)24(20(25)15-10-14(2)23-11-15)12-17-18(21)4-3-5-19(17)22;1-14-6-8-19(9-7-14)23(13-16-4-3-5-18(21)11-16)20(24)17-10-15(2)22-12-17;1-14-7-9-18(10-8-14)23(13-16-5-3-4-6-19(16)21)20(24)17-11-15(2)22-12-17/h5,8-10,13,18H,3-4,6-7,11-12H2,1-2H3;7-10,13,19H,3-6,11-12H2,1-2H3;3-5,10,13,16H,6-9,11-12H2,1-2H3;3-5,10-11,14,19H,6-9,12-13H2,1-2H3;3-6,11,14,18H,7-10,12-13H2,1-2H3. The molecule has 0 saturated heterocycles. The van der Waals surface area contributed by atoms with Crippen LogP contribution in [0, 0.1) is 76.1 Å². The lowest BCUT2D eigenvalue weighted by Gasteiger charge is -2.36. The predicted octanol–water partition coefficient (Wildman–Crippen LogP) is 21.1. The van der Waals surface area contributed by atoms with Crippen molar-refractivity contribution in [1.82, 2.24) is 24.5 Å². The number of allylic oxidation sites excluding steroid dienone is 5. The van der Waals surface area contributed by atoms with Crippen molar-refractivity contribution in [2.75, 3.05) is 32.7 Å².